The fourth-order valence-electron chi connectivity index (χ4n) is 1.93. The molecule has 0 aliphatic rings. The molecule has 0 aliphatic heterocycles. The van der Waals surface area contributed by atoms with Crippen molar-refractivity contribution >= 4 is 5.91 Å². The topological polar surface area (TPSA) is 55.6 Å². The van der Waals surface area contributed by atoms with Gasteiger partial charge >= 0.3 is 0 Å². The summed E-state index contributed by atoms with van der Waals surface area (Å²) in [6.07, 6.45) is 2.52. The van der Waals surface area contributed by atoms with Gasteiger partial charge in [0, 0.05) is 26.1 Å². The molecule has 1 amide bonds. The molecule has 0 bridgehead atoms. The number of amides is 1. The molecule has 0 saturated heterocycles. The average molecular weight is 244 g/mol. The number of carbonyl (C=O) groups is 1. The van der Waals surface area contributed by atoms with Gasteiger partial charge in [0.05, 0.1) is 6.61 Å². The predicted molar refractivity (Wildman–Crippen MR) is 70.8 cm³/mol. The first kappa shape index (κ1) is 16.4. The van der Waals surface area contributed by atoms with Gasteiger partial charge in [-0.05, 0) is 25.3 Å². The summed E-state index contributed by atoms with van der Waals surface area (Å²) in [5.74, 6) is 0.454. The van der Waals surface area contributed by atoms with E-state index in [1.54, 1.807) is 7.11 Å². The lowest BCUT2D eigenvalue weighted by atomic mass is 10.0. The van der Waals surface area contributed by atoms with E-state index in [0.29, 0.717) is 32.2 Å². The second kappa shape index (κ2) is 9.42. The Balaban J connectivity index is 4.48. The lowest BCUT2D eigenvalue weighted by Crippen LogP contribution is -2.42. The van der Waals surface area contributed by atoms with E-state index in [9.17, 15) is 4.79 Å². The minimum Gasteiger partial charge on any atom is -0.383 e. The second-order valence-electron chi connectivity index (χ2n) is 4.60. The first-order chi connectivity index (χ1) is 8.10. The third-order valence-electron chi connectivity index (χ3n) is 3.17. The van der Waals surface area contributed by atoms with Crippen molar-refractivity contribution in [1.82, 2.24) is 4.90 Å². The first-order valence-corrected chi connectivity index (χ1v) is 6.59. The van der Waals surface area contributed by atoms with Crippen molar-refractivity contribution in [1.29, 1.82) is 0 Å². The molecular formula is C13H28N2O2. The van der Waals surface area contributed by atoms with Gasteiger partial charge in [-0.25, -0.2) is 0 Å². The molecule has 0 aromatic rings. The van der Waals surface area contributed by atoms with Gasteiger partial charge in [-0.3, -0.25) is 4.79 Å². The molecule has 0 radical (unpaired) electrons. The largest absolute Gasteiger partial charge is 0.383 e. The molecule has 0 heterocycles. The van der Waals surface area contributed by atoms with E-state index in [-0.39, 0.29) is 11.8 Å². The summed E-state index contributed by atoms with van der Waals surface area (Å²) < 4.78 is 5.07. The van der Waals surface area contributed by atoms with Crippen LogP contribution in [0.25, 0.3) is 0 Å². The highest BCUT2D eigenvalue weighted by atomic mass is 16.5. The summed E-state index contributed by atoms with van der Waals surface area (Å²) in [5, 5.41) is 0. The quantitative estimate of drug-likeness (QED) is 0.671. The third-order valence-corrected chi connectivity index (χ3v) is 3.17. The highest BCUT2D eigenvalue weighted by Crippen LogP contribution is 2.12. The fraction of sp³-hybridized carbons (Fsp3) is 0.923. The smallest absolute Gasteiger partial charge is 0.223 e. The van der Waals surface area contributed by atoms with Gasteiger partial charge in [-0.15, -0.1) is 0 Å². The minimum atomic E-state index is 0.203. The standard InChI is InChI=1S/C13H28N2O2/c1-5-12(6-2)15(7-8-17-4)13(16)9-11(3)10-14/h11-12H,5-10,14H2,1-4H3. The molecule has 1 unspecified atom stereocenters. The maximum absolute atomic E-state index is 12.2. The molecule has 0 saturated carbocycles. The maximum atomic E-state index is 12.2. The van der Waals surface area contributed by atoms with E-state index in [2.05, 4.69) is 13.8 Å². The normalized spacial score (nSPS) is 12.8. The van der Waals surface area contributed by atoms with E-state index < -0.39 is 0 Å². The molecule has 1 atom stereocenters. The summed E-state index contributed by atoms with van der Waals surface area (Å²) >= 11 is 0. The zero-order chi connectivity index (χ0) is 13.3. The van der Waals surface area contributed by atoms with Gasteiger partial charge in [0.1, 0.15) is 0 Å². The lowest BCUT2D eigenvalue weighted by Gasteiger charge is -2.31. The van der Waals surface area contributed by atoms with Crippen molar-refractivity contribution in [3.05, 3.63) is 0 Å². The molecule has 17 heavy (non-hydrogen) atoms. The Morgan fingerprint density at radius 3 is 2.35 bits per heavy atom. The van der Waals surface area contributed by atoms with Crippen LogP contribution in [0, 0.1) is 5.92 Å². The number of carbonyl (C=O) groups excluding carboxylic acids is 1. The van der Waals surface area contributed by atoms with Crippen LogP contribution in [-0.4, -0.2) is 43.7 Å². The average Bonchev–Trinajstić information content (AvgIpc) is 2.34. The Labute approximate surface area is 105 Å². The zero-order valence-electron chi connectivity index (χ0n) is 11.7. The lowest BCUT2D eigenvalue weighted by molar-refractivity contribution is -0.135. The molecule has 2 N–H and O–H groups in total. The van der Waals surface area contributed by atoms with Crippen molar-refractivity contribution in [2.75, 3.05) is 26.8 Å². The van der Waals surface area contributed by atoms with E-state index in [4.69, 9.17) is 10.5 Å². The summed E-state index contributed by atoms with van der Waals surface area (Å²) in [7, 11) is 1.66. The van der Waals surface area contributed by atoms with Crippen molar-refractivity contribution in [3.63, 3.8) is 0 Å². The molecule has 0 spiro atoms. The molecule has 0 aliphatic carbocycles. The van der Waals surface area contributed by atoms with Crippen LogP contribution in [0.4, 0.5) is 0 Å². The van der Waals surface area contributed by atoms with Crippen LogP contribution in [0.15, 0.2) is 0 Å². The van der Waals surface area contributed by atoms with E-state index in [1.807, 2.05) is 11.8 Å². The Kier molecular flexibility index (Phi) is 9.09. The summed E-state index contributed by atoms with van der Waals surface area (Å²) in [6, 6.07) is 0.322. The zero-order valence-corrected chi connectivity index (χ0v) is 11.7. The van der Waals surface area contributed by atoms with Crippen LogP contribution in [-0.2, 0) is 9.53 Å². The maximum Gasteiger partial charge on any atom is 0.223 e. The fourth-order valence-corrected chi connectivity index (χ4v) is 1.93. The molecular weight excluding hydrogens is 216 g/mol. The van der Waals surface area contributed by atoms with Crippen LogP contribution >= 0.6 is 0 Å². The Bertz CT molecular complexity index is 206. The van der Waals surface area contributed by atoms with Gasteiger partial charge in [0.15, 0.2) is 0 Å². The Hall–Kier alpha value is -0.610. The van der Waals surface area contributed by atoms with Crippen molar-refractivity contribution in [2.24, 2.45) is 11.7 Å². The highest BCUT2D eigenvalue weighted by molar-refractivity contribution is 5.76. The number of ether oxygens (including phenoxy) is 1. The number of rotatable bonds is 9. The Morgan fingerprint density at radius 1 is 1.35 bits per heavy atom. The molecule has 0 aromatic carbocycles. The highest BCUT2D eigenvalue weighted by Gasteiger charge is 2.21. The number of nitrogens with zero attached hydrogens (tertiary/aromatic N) is 1. The van der Waals surface area contributed by atoms with E-state index in [1.165, 1.54) is 0 Å². The molecule has 0 aromatic heterocycles. The van der Waals surface area contributed by atoms with Gasteiger partial charge in [-0.2, -0.15) is 0 Å². The van der Waals surface area contributed by atoms with Crippen LogP contribution in [0.5, 0.6) is 0 Å². The number of nitrogens with two attached hydrogens (primary N) is 1. The van der Waals surface area contributed by atoms with E-state index in [0.717, 1.165) is 12.8 Å². The van der Waals surface area contributed by atoms with Crippen molar-refractivity contribution in [3.8, 4) is 0 Å². The van der Waals surface area contributed by atoms with Gasteiger partial charge < -0.3 is 15.4 Å². The van der Waals surface area contributed by atoms with E-state index >= 15 is 0 Å². The molecule has 4 heteroatoms. The summed E-state index contributed by atoms with van der Waals surface area (Å²) in [6.45, 7) is 8.09. The third kappa shape index (κ3) is 6.03. The van der Waals surface area contributed by atoms with Crippen LogP contribution in [0.3, 0.4) is 0 Å². The summed E-state index contributed by atoms with van der Waals surface area (Å²) in [4.78, 5) is 14.1. The van der Waals surface area contributed by atoms with Crippen molar-refractivity contribution in [2.45, 2.75) is 46.1 Å². The SMILES string of the molecule is CCC(CC)N(CCOC)C(=O)CC(C)CN. The molecule has 4 nitrogen and oxygen atoms in total. The van der Waals surface area contributed by atoms with Crippen LogP contribution < -0.4 is 5.73 Å². The van der Waals surface area contributed by atoms with Gasteiger partial charge in [-0.1, -0.05) is 20.8 Å². The second-order valence-corrected chi connectivity index (χ2v) is 4.60. The monoisotopic (exact) mass is 244 g/mol. The van der Waals surface area contributed by atoms with Crippen LogP contribution in [0.2, 0.25) is 0 Å². The van der Waals surface area contributed by atoms with Gasteiger partial charge in [0.2, 0.25) is 5.91 Å². The Morgan fingerprint density at radius 2 is 1.94 bits per heavy atom. The van der Waals surface area contributed by atoms with Gasteiger partial charge in [0.25, 0.3) is 0 Å². The molecule has 0 fully saturated rings. The molecule has 0 rings (SSSR count). The summed E-state index contributed by atoms with van der Waals surface area (Å²) in [5.41, 5.74) is 5.57. The molecule has 102 valence electrons. The van der Waals surface area contributed by atoms with Crippen molar-refractivity contribution < 1.29 is 9.53 Å². The number of hydrogen-bond acceptors (Lipinski definition) is 3. The minimum absolute atomic E-state index is 0.203. The first-order valence-electron chi connectivity index (χ1n) is 6.59. The van der Waals surface area contributed by atoms with Crippen LogP contribution in [0.1, 0.15) is 40.0 Å². The predicted octanol–water partition coefficient (Wildman–Crippen LogP) is 1.63. The number of methoxy groups -OCH3 is 1. The number of hydrogen-bond donors (Lipinski definition) is 1.